The van der Waals surface area contributed by atoms with Crippen molar-refractivity contribution in [1.82, 2.24) is 14.8 Å². The second-order valence-electron chi connectivity index (χ2n) is 4.68. The molecule has 1 aromatic carbocycles. The van der Waals surface area contributed by atoms with Gasteiger partial charge in [-0.05, 0) is 24.6 Å². The van der Waals surface area contributed by atoms with Gasteiger partial charge in [-0.2, -0.15) is 5.10 Å². The third kappa shape index (κ3) is 2.41. The number of benzene rings is 1. The SMILES string of the molecule is Cc1ccnc(-n2ncc(C(=O)O)c2-c2ccccc2)c1. The summed E-state index contributed by atoms with van der Waals surface area (Å²) in [6.45, 7) is 1.95. The molecular weight excluding hydrogens is 266 g/mol. The van der Waals surface area contributed by atoms with Crippen molar-refractivity contribution in [3.8, 4) is 17.1 Å². The van der Waals surface area contributed by atoms with Gasteiger partial charge in [0.2, 0.25) is 0 Å². The van der Waals surface area contributed by atoms with E-state index < -0.39 is 5.97 Å². The quantitative estimate of drug-likeness (QED) is 0.800. The lowest BCUT2D eigenvalue weighted by atomic mass is 10.1. The molecule has 3 rings (SSSR count). The zero-order valence-corrected chi connectivity index (χ0v) is 11.4. The van der Waals surface area contributed by atoms with Crippen LogP contribution in [0.3, 0.4) is 0 Å². The fourth-order valence-electron chi connectivity index (χ4n) is 2.19. The highest BCUT2D eigenvalue weighted by Gasteiger charge is 2.19. The fourth-order valence-corrected chi connectivity index (χ4v) is 2.19. The van der Waals surface area contributed by atoms with Crippen LogP contribution >= 0.6 is 0 Å². The zero-order valence-electron chi connectivity index (χ0n) is 11.4. The first-order chi connectivity index (χ1) is 10.2. The number of carboxylic acid groups (broad SMARTS) is 1. The second-order valence-corrected chi connectivity index (χ2v) is 4.68. The van der Waals surface area contributed by atoms with E-state index in [9.17, 15) is 9.90 Å². The number of nitrogens with zero attached hydrogens (tertiary/aromatic N) is 3. The molecule has 0 atom stereocenters. The minimum Gasteiger partial charge on any atom is -0.478 e. The van der Waals surface area contributed by atoms with Crippen molar-refractivity contribution in [3.63, 3.8) is 0 Å². The minimum absolute atomic E-state index is 0.157. The number of carboxylic acids is 1. The Bertz CT molecular complexity index is 794. The van der Waals surface area contributed by atoms with Gasteiger partial charge < -0.3 is 5.11 Å². The van der Waals surface area contributed by atoms with Crippen LogP contribution < -0.4 is 0 Å². The van der Waals surface area contributed by atoms with Crippen molar-refractivity contribution >= 4 is 5.97 Å². The molecule has 0 aliphatic heterocycles. The molecular formula is C16H13N3O2. The van der Waals surface area contributed by atoms with Crippen LogP contribution in [0.2, 0.25) is 0 Å². The van der Waals surface area contributed by atoms with Gasteiger partial charge in [0.15, 0.2) is 5.82 Å². The first kappa shape index (κ1) is 13.1. The third-order valence-electron chi connectivity index (χ3n) is 3.16. The highest BCUT2D eigenvalue weighted by molar-refractivity contribution is 5.95. The Labute approximate surface area is 121 Å². The van der Waals surface area contributed by atoms with E-state index in [0.29, 0.717) is 11.5 Å². The number of pyridine rings is 1. The summed E-state index contributed by atoms with van der Waals surface area (Å²) in [6, 6.07) is 13.1. The number of carbonyl (C=O) groups is 1. The van der Waals surface area contributed by atoms with E-state index in [4.69, 9.17) is 0 Å². The van der Waals surface area contributed by atoms with Crippen molar-refractivity contribution in [2.75, 3.05) is 0 Å². The molecule has 3 aromatic rings. The molecule has 21 heavy (non-hydrogen) atoms. The molecule has 2 heterocycles. The molecule has 0 unspecified atom stereocenters. The number of aromatic carboxylic acids is 1. The Balaban J connectivity index is 2.25. The lowest BCUT2D eigenvalue weighted by molar-refractivity contribution is 0.0697. The van der Waals surface area contributed by atoms with Crippen molar-refractivity contribution in [2.45, 2.75) is 6.92 Å². The lowest BCUT2D eigenvalue weighted by Crippen LogP contribution is -2.04. The summed E-state index contributed by atoms with van der Waals surface area (Å²) in [5.41, 5.74) is 2.51. The van der Waals surface area contributed by atoms with Crippen LogP contribution in [0.4, 0.5) is 0 Å². The highest BCUT2D eigenvalue weighted by Crippen LogP contribution is 2.26. The van der Waals surface area contributed by atoms with E-state index in [1.54, 1.807) is 10.9 Å². The second kappa shape index (κ2) is 5.20. The summed E-state index contributed by atoms with van der Waals surface area (Å²) < 4.78 is 1.56. The van der Waals surface area contributed by atoms with Gasteiger partial charge in [0.05, 0.1) is 11.9 Å². The van der Waals surface area contributed by atoms with E-state index in [0.717, 1.165) is 11.1 Å². The standard InChI is InChI=1S/C16H13N3O2/c1-11-7-8-17-14(9-11)19-15(12-5-3-2-4-6-12)13(10-18-19)16(20)21/h2-10H,1H3,(H,20,21). The van der Waals surface area contributed by atoms with E-state index in [1.165, 1.54) is 6.20 Å². The molecule has 0 saturated carbocycles. The average Bonchev–Trinajstić information content (AvgIpc) is 2.93. The lowest BCUT2D eigenvalue weighted by Gasteiger charge is -2.08. The molecule has 0 fully saturated rings. The van der Waals surface area contributed by atoms with Gasteiger partial charge in [-0.25, -0.2) is 14.5 Å². The predicted molar refractivity (Wildman–Crippen MR) is 78.5 cm³/mol. The molecule has 0 spiro atoms. The summed E-state index contributed by atoms with van der Waals surface area (Å²) in [5.74, 6) is -0.408. The first-order valence-electron chi connectivity index (χ1n) is 6.46. The highest BCUT2D eigenvalue weighted by atomic mass is 16.4. The Kier molecular flexibility index (Phi) is 3.23. The van der Waals surface area contributed by atoms with Crippen molar-refractivity contribution in [3.05, 3.63) is 66.0 Å². The van der Waals surface area contributed by atoms with Crippen LogP contribution in [0.15, 0.2) is 54.9 Å². The van der Waals surface area contributed by atoms with Crippen molar-refractivity contribution in [1.29, 1.82) is 0 Å². The van der Waals surface area contributed by atoms with E-state index in [1.807, 2.05) is 49.4 Å². The van der Waals surface area contributed by atoms with Crippen molar-refractivity contribution < 1.29 is 9.90 Å². The van der Waals surface area contributed by atoms with Gasteiger partial charge in [-0.15, -0.1) is 0 Å². The monoisotopic (exact) mass is 279 g/mol. The Morgan fingerprint density at radius 2 is 1.95 bits per heavy atom. The number of hydrogen-bond acceptors (Lipinski definition) is 3. The van der Waals surface area contributed by atoms with E-state index >= 15 is 0 Å². The number of hydrogen-bond donors (Lipinski definition) is 1. The smallest absolute Gasteiger partial charge is 0.339 e. The normalized spacial score (nSPS) is 10.5. The molecule has 5 nitrogen and oxygen atoms in total. The Morgan fingerprint density at radius 3 is 2.62 bits per heavy atom. The van der Waals surface area contributed by atoms with Crippen LogP contribution in [0.25, 0.3) is 17.1 Å². The molecule has 0 saturated heterocycles. The maximum atomic E-state index is 11.4. The average molecular weight is 279 g/mol. The number of rotatable bonds is 3. The predicted octanol–water partition coefficient (Wildman–Crippen LogP) is 2.94. The molecule has 0 aliphatic carbocycles. The minimum atomic E-state index is -1.01. The van der Waals surface area contributed by atoms with Gasteiger partial charge in [-0.1, -0.05) is 30.3 Å². The van der Waals surface area contributed by atoms with Gasteiger partial charge in [-0.3, -0.25) is 0 Å². The molecule has 0 radical (unpaired) electrons. The van der Waals surface area contributed by atoms with Crippen LogP contribution in [-0.4, -0.2) is 25.8 Å². The Morgan fingerprint density at radius 1 is 1.19 bits per heavy atom. The summed E-state index contributed by atoms with van der Waals surface area (Å²) in [6.07, 6.45) is 3.04. The van der Waals surface area contributed by atoms with Gasteiger partial charge in [0.1, 0.15) is 5.56 Å². The summed E-state index contributed by atoms with van der Waals surface area (Å²) >= 11 is 0. The molecule has 5 heteroatoms. The van der Waals surface area contributed by atoms with Crippen LogP contribution in [0.5, 0.6) is 0 Å². The van der Waals surface area contributed by atoms with E-state index in [-0.39, 0.29) is 5.56 Å². The summed E-state index contributed by atoms with van der Waals surface area (Å²) in [4.78, 5) is 15.7. The summed E-state index contributed by atoms with van der Waals surface area (Å²) in [7, 11) is 0. The largest absolute Gasteiger partial charge is 0.478 e. The van der Waals surface area contributed by atoms with Gasteiger partial charge in [0.25, 0.3) is 0 Å². The van der Waals surface area contributed by atoms with Gasteiger partial charge in [0, 0.05) is 11.8 Å². The van der Waals surface area contributed by atoms with E-state index in [2.05, 4.69) is 10.1 Å². The fraction of sp³-hybridized carbons (Fsp3) is 0.0625. The third-order valence-corrected chi connectivity index (χ3v) is 3.16. The van der Waals surface area contributed by atoms with Crippen LogP contribution in [0, 0.1) is 6.92 Å². The number of aromatic nitrogens is 3. The molecule has 0 bridgehead atoms. The summed E-state index contributed by atoms with van der Waals surface area (Å²) in [5, 5.41) is 13.6. The maximum absolute atomic E-state index is 11.4. The van der Waals surface area contributed by atoms with Crippen molar-refractivity contribution in [2.24, 2.45) is 0 Å². The molecule has 104 valence electrons. The molecule has 0 aliphatic rings. The first-order valence-corrected chi connectivity index (χ1v) is 6.46. The Hall–Kier alpha value is -2.95. The van der Waals surface area contributed by atoms with Crippen LogP contribution in [-0.2, 0) is 0 Å². The van der Waals surface area contributed by atoms with Crippen LogP contribution in [0.1, 0.15) is 15.9 Å². The molecule has 1 N–H and O–H groups in total. The maximum Gasteiger partial charge on any atom is 0.339 e. The van der Waals surface area contributed by atoms with Gasteiger partial charge >= 0.3 is 5.97 Å². The number of aryl methyl sites for hydroxylation is 1. The molecule has 0 amide bonds. The zero-order chi connectivity index (χ0) is 14.8. The molecule has 2 aromatic heterocycles. The topological polar surface area (TPSA) is 68.0 Å².